The molecule has 0 aliphatic rings. The molecule has 0 bridgehead atoms. The molecule has 0 radical (unpaired) electrons. The SMILES string of the molecule is c1cc(-c2cnsc2)sn1. The second-order valence-electron chi connectivity index (χ2n) is 1.79. The molecule has 0 atom stereocenters. The standard InChI is InChI=1S/C6H4N2S2/c1-2-7-10-6(1)5-3-8-9-4-5/h1-4H. The third-order valence-electron chi connectivity index (χ3n) is 1.15. The van der Waals surface area contributed by atoms with Gasteiger partial charge in [-0.05, 0) is 29.1 Å². The van der Waals surface area contributed by atoms with Gasteiger partial charge in [-0.3, -0.25) is 0 Å². The molecule has 0 aliphatic carbocycles. The fourth-order valence-corrected chi connectivity index (χ4v) is 1.88. The molecule has 2 heterocycles. The second-order valence-corrected chi connectivity index (χ2v) is 3.28. The summed E-state index contributed by atoms with van der Waals surface area (Å²) in [6.45, 7) is 0. The van der Waals surface area contributed by atoms with E-state index in [-0.39, 0.29) is 0 Å². The van der Waals surface area contributed by atoms with Crippen LogP contribution in [0, 0.1) is 0 Å². The van der Waals surface area contributed by atoms with Crippen molar-refractivity contribution in [2.45, 2.75) is 0 Å². The van der Waals surface area contributed by atoms with Gasteiger partial charge in [0.2, 0.25) is 0 Å². The van der Waals surface area contributed by atoms with E-state index < -0.39 is 0 Å². The summed E-state index contributed by atoms with van der Waals surface area (Å²) >= 11 is 2.96. The Morgan fingerprint density at radius 2 is 2.30 bits per heavy atom. The van der Waals surface area contributed by atoms with Crippen LogP contribution in [0.5, 0.6) is 0 Å². The smallest absolute Gasteiger partial charge is 0.0574 e. The normalized spacial score (nSPS) is 10.0. The van der Waals surface area contributed by atoms with Crippen LogP contribution in [0.15, 0.2) is 23.8 Å². The van der Waals surface area contributed by atoms with Crippen molar-refractivity contribution in [2.24, 2.45) is 0 Å². The predicted octanol–water partition coefficient (Wildman–Crippen LogP) is 2.27. The zero-order valence-electron chi connectivity index (χ0n) is 5.02. The van der Waals surface area contributed by atoms with Gasteiger partial charge in [-0.1, -0.05) is 0 Å². The first-order valence-corrected chi connectivity index (χ1v) is 4.38. The van der Waals surface area contributed by atoms with E-state index >= 15 is 0 Å². The van der Waals surface area contributed by atoms with Crippen molar-refractivity contribution in [1.82, 2.24) is 8.75 Å². The monoisotopic (exact) mass is 168 g/mol. The Balaban J connectivity index is 2.48. The van der Waals surface area contributed by atoms with Crippen LogP contribution in [-0.4, -0.2) is 8.75 Å². The van der Waals surface area contributed by atoms with Crippen molar-refractivity contribution in [3.63, 3.8) is 0 Å². The minimum Gasteiger partial charge on any atom is -0.201 e. The minimum absolute atomic E-state index is 1.17. The van der Waals surface area contributed by atoms with Crippen LogP contribution in [-0.2, 0) is 0 Å². The van der Waals surface area contributed by atoms with Crippen molar-refractivity contribution in [3.05, 3.63) is 23.8 Å². The summed E-state index contributed by atoms with van der Waals surface area (Å²) in [5.74, 6) is 0. The number of aromatic nitrogens is 2. The van der Waals surface area contributed by atoms with Gasteiger partial charge in [-0.15, -0.1) is 0 Å². The van der Waals surface area contributed by atoms with Gasteiger partial charge >= 0.3 is 0 Å². The molecule has 50 valence electrons. The van der Waals surface area contributed by atoms with E-state index in [1.165, 1.54) is 33.5 Å². The lowest BCUT2D eigenvalue weighted by atomic mass is 10.3. The van der Waals surface area contributed by atoms with Gasteiger partial charge in [0.05, 0.1) is 4.88 Å². The Morgan fingerprint density at radius 3 is 2.90 bits per heavy atom. The first kappa shape index (κ1) is 6.00. The molecule has 4 heteroatoms. The maximum atomic E-state index is 4.00. The first-order valence-electron chi connectivity index (χ1n) is 2.77. The second kappa shape index (κ2) is 2.48. The molecule has 0 aliphatic heterocycles. The van der Waals surface area contributed by atoms with Crippen LogP contribution >= 0.6 is 23.1 Å². The first-order chi connectivity index (χ1) is 4.97. The molecule has 2 rings (SSSR count). The van der Waals surface area contributed by atoms with Gasteiger partial charge < -0.3 is 0 Å². The largest absolute Gasteiger partial charge is 0.201 e. The average Bonchev–Trinajstić information content (AvgIpc) is 2.59. The van der Waals surface area contributed by atoms with Gasteiger partial charge in [0, 0.05) is 23.3 Å². The fourth-order valence-electron chi connectivity index (χ4n) is 0.691. The zero-order valence-corrected chi connectivity index (χ0v) is 6.65. The molecule has 0 saturated heterocycles. The molecule has 0 amide bonds. The van der Waals surface area contributed by atoms with E-state index in [0.717, 1.165) is 0 Å². The summed E-state index contributed by atoms with van der Waals surface area (Å²) in [4.78, 5) is 1.19. The highest BCUT2D eigenvalue weighted by atomic mass is 32.1. The molecule has 2 nitrogen and oxygen atoms in total. The van der Waals surface area contributed by atoms with Crippen molar-refractivity contribution in [2.75, 3.05) is 0 Å². The molecule has 0 aromatic carbocycles. The quantitative estimate of drug-likeness (QED) is 0.652. The van der Waals surface area contributed by atoms with E-state index in [9.17, 15) is 0 Å². The summed E-state index contributed by atoms with van der Waals surface area (Å²) in [7, 11) is 0. The van der Waals surface area contributed by atoms with Crippen LogP contribution in [0.1, 0.15) is 0 Å². The lowest BCUT2D eigenvalue weighted by molar-refractivity contribution is 1.57. The van der Waals surface area contributed by atoms with Crippen molar-refractivity contribution < 1.29 is 0 Å². The molecule has 0 N–H and O–H groups in total. The number of nitrogens with zero attached hydrogens (tertiary/aromatic N) is 2. The van der Waals surface area contributed by atoms with E-state index in [1.54, 1.807) is 6.20 Å². The van der Waals surface area contributed by atoms with Crippen LogP contribution in [0.2, 0.25) is 0 Å². The average molecular weight is 168 g/mol. The van der Waals surface area contributed by atoms with Gasteiger partial charge in [-0.25, -0.2) is 8.75 Å². The fraction of sp³-hybridized carbons (Fsp3) is 0. The van der Waals surface area contributed by atoms with Crippen LogP contribution in [0.4, 0.5) is 0 Å². The third kappa shape index (κ3) is 0.955. The predicted molar refractivity (Wildman–Crippen MR) is 43.2 cm³/mol. The summed E-state index contributed by atoms with van der Waals surface area (Å²) in [5, 5.41) is 2.02. The maximum absolute atomic E-state index is 4.00. The molecule has 2 aromatic heterocycles. The summed E-state index contributed by atoms with van der Waals surface area (Å²) in [5.41, 5.74) is 1.17. The van der Waals surface area contributed by atoms with Gasteiger partial charge in [0.25, 0.3) is 0 Å². The van der Waals surface area contributed by atoms with Crippen molar-refractivity contribution in [1.29, 1.82) is 0 Å². The molecule has 0 fully saturated rings. The number of hydrogen-bond donors (Lipinski definition) is 0. The van der Waals surface area contributed by atoms with E-state index in [0.29, 0.717) is 0 Å². The Morgan fingerprint density at radius 1 is 1.30 bits per heavy atom. The van der Waals surface area contributed by atoms with E-state index in [1.807, 2.05) is 17.6 Å². The minimum atomic E-state index is 1.17. The highest BCUT2D eigenvalue weighted by Gasteiger charge is 1.98. The van der Waals surface area contributed by atoms with Gasteiger partial charge in [0.1, 0.15) is 0 Å². The van der Waals surface area contributed by atoms with E-state index in [2.05, 4.69) is 8.75 Å². The molecular weight excluding hydrogens is 164 g/mol. The number of hydrogen-bond acceptors (Lipinski definition) is 4. The number of rotatable bonds is 1. The van der Waals surface area contributed by atoms with Crippen molar-refractivity contribution in [3.8, 4) is 10.4 Å². The lowest BCUT2D eigenvalue weighted by Crippen LogP contribution is -1.59. The van der Waals surface area contributed by atoms with Crippen LogP contribution < -0.4 is 0 Å². The molecular formula is C6H4N2S2. The van der Waals surface area contributed by atoms with Gasteiger partial charge in [-0.2, -0.15) is 0 Å². The van der Waals surface area contributed by atoms with Crippen molar-refractivity contribution >= 4 is 23.1 Å². The molecule has 0 spiro atoms. The molecule has 0 saturated carbocycles. The summed E-state index contributed by atoms with van der Waals surface area (Å²) in [6.07, 6.45) is 3.66. The van der Waals surface area contributed by atoms with Gasteiger partial charge in [0.15, 0.2) is 0 Å². The molecule has 10 heavy (non-hydrogen) atoms. The Labute approximate surface area is 66.5 Å². The summed E-state index contributed by atoms with van der Waals surface area (Å²) in [6, 6.07) is 1.99. The third-order valence-corrected chi connectivity index (χ3v) is 2.54. The topological polar surface area (TPSA) is 25.8 Å². The van der Waals surface area contributed by atoms with Crippen LogP contribution in [0.3, 0.4) is 0 Å². The van der Waals surface area contributed by atoms with E-state index in [4.69, 9.17) is 0 Å². The van der Waals surface area contributed by atoms with Crippen LogP contribution in [0.25, 0.3) is 10.4 Å². The highest BCUT2D eigenvalue weighted by Crippen LogP contribution is 2.22. The summed E-state index contributed by atoms with van der Waals surface area (Å²) < 4.78 is 8.00. The molecule has 0 unspecified atom stereocenters. The molecule has 2 aromatic rings. The maximum Gasteiger partial charge on any atom is 0.0574 e. The highest BCUT2D eigenvalue weighted by molar-refractivity contribution is 7.10. The Bertz CT molecular complexity index is 253. The Kier molecular flexibility index (Phi) is 1.49. The Hall–Kier alpha value is -0.740. The zero-order chi connectivity index (χ0) is 6.81. The lowest BCUT2D eigenvalue weighted by Gasteiger charge is -1.82.